The van der Waals surface area contributed by atoms with E-state index in [0.29, 0.717) is 75.1 Å². The van der Waals surface area contributed by atoms with Crippen LogP contribution in [0.4, 0.5) is 0 Å². The molecule has 0 aromatic carbocycles. The molecule has 0 rings (SSSR count). The van der Waals surface area contributed by atoms with Gasteiger partial charge < -0.3 is 58.1 Å². The number of hydrogen-bond acceptors (Lipinski definition) is 15. The number of carboxylic acids is 3. The second-order valence-electron chi connectivity index (χ2n) is 28.9. The van der Waals surface area contributed by atoms with E-state index < -0.39 is 71.9 Å². The molecule has 0 aromatic rings. The molecule has 0 bridgehead atoms. The maximum Gasteiger partial charge on any atom is 3.00 e. The number of ketones is 3. The molecule has 0 aliphatic heterocycles. The Hall–Kier alpha value is -2.29. The summed E-state index contributed by atoms with van der Waals surface area (Å²) in [4.78, 5) is 68.8. The summed E-state index contributed by atoms with van der Waals surface area (Å²) in [5, 5.41) is 32.4. The largest absolute Gasteiger partial charge is 3.00 e. The van der Waals surface area contributed by atoms with Crippen molar-refractivity contribution in [2.75, 3.05) is 39.6 Å². The van der Waals surface area contributed by atoms with E-state index in [0.717, 1.165) is 38.5 Å². The van der Waals surface area contributed by atoms with Crippen molar-refractivity contribution in [3.63, 3.8) is 0 Å². The molecule has 0 aliphatic carbocycles. The number of ether oxygens (including phenoxy) is 6. The summed E-state index contributed by atoms with van der Waals surface area (Å²) < 4.78 is 36.4. The third kappa shape index (κ3) is 66.9. The average molecular weight is 1350 g/mol. The zero-order valence-corrected chi connectivity index (χ0v) is 64.8. The van der Waals surface area contributed by atoms with Crippen LogP contribution in [0.25, 0.3) is 0 Å². The minimum Gasteiger partial charge on any atom is -0.550 e. The summed E-state index contributed by atoms with van der Waals surface area (Å²) in [6.45, 7) is 34.6. The van der Waals surface area contributed by atoms with E-state index >= 15 is 0 Å². The van der Waals surface area contributed by atoms with Crippen molar-refractivity contribution in [1.82, 2.24) is 0 Å². The number of carbonyl (C=O) groups excluding carboxylic acids is 6. The van der Waals surface area contributed by atoms with Crippen molar-refractivity contribution in [2.24, 2.45) is 35.5 Å². The Balaban J connectivity index is -0.000000643. The first-order valence-corrected chi connectivity index (χ1v) is 38.1. The van der Waals surface area contributed by atoms with Crippen molar-refractivity contribution < 1.29 is 72.5 Å². The van der Waals surface area contributed by atoms with E-state index in [1.54, 1.807) is 20.8 Å². The molecule has 0 saturated heterocycles. The molecule has 0 fully saturated rings. The fourth-order valence-electron chi connectivity index (χ4n) is 11.2. The van der Waals surface area contributed by atoms with Gasteiger partial charge in [0.2, 0.25) is 0 Å². The third-order valence-electron chi connectivity index (χ3n) is 17.4. The molecule has 0 heterocycles. The van der Waals surface area contributed by atoms with Crippen LogP contribution >= 0.6 is 0 Å². The smallest absolute Gasteiger partial charge is 0.550 e. The van der Waals surface area contributed by atoms with Crippen molar-refractivity contribution in [3.05, 3.63) is 0 Å². The van der Waals surface area contributed by atoms with Gasteiger partial charge in [-0.25, -0.2) is 0 Å². The molecule has 0 spiro atoms. The van der Waals surface area contributed by atoms with Gasteiger partial charge in [-0.1, -0.05) is 276 Å². The molecule has 0 aliphatic rings. The second kappa shape index (κ2) is 65.3. The van der Waals surface area contributed by atoms with Gasteiger partial charge in [-0.2, -0.15) is 0 Å². The van der Waals surface area contributed by atoms with Gasteiger partial charge in [0.05, 0.1) is 58.9 Å². The van der Waals surface area contributed by atoms with Crippen LogP contribution in [0.1, 0.15) is 374 Å². The Morgan fingerprint density at radius 3 is 0.532 bits per heavy atom. The molecular weight excluding hydrogens is 1200 g/mol. The predicted octanol–water partition coefficient (Wildman–Crippen LogP) is 17.1. The fourth-order valence-corrected chi connectivity index (χ4v) is 11.2. The first kappa shape index (κ1) is 98.1. The van der Waals surface area contributed by atoms with Gasteiger partial charge in [-0.05, 0) is 94.8 Å². The number of unbranched alkanes of at least 4 members (excludes halogenated alkanes) is 24. The maximum absolute atomic E-state index is 12.1. The van der Waals surface area contributed by atoms with Crippen LogP contribution in [0, 0.1) is 35.5 Å². The number of carboxylic acid groups (broad SMARTS) is 3. The molecule has 0 saturated carbocycles. The van der Waals surface area contributed by atoms with Gasteiger partial charge in [0.1, 0.15) is 17.3 Å². The van der Waals surface area contributed by atoms with Gasteiger partial charge in [0.25, 0.3) is 0 Å². The van der Waals surface area contributed by atoms with Crippen LogP contribution in [0.15, 0.2) is 0 Å². The number of Topliss-reactive ketones (excluding diaryl/α,β-unsaturated/α-hetero) is 3. The first-order valence-electron chi connectivity index (χ1n) is 38.1. The Kier molecular flexibility index (Phi) is 68.2. The summed E-state index contributed by atoms with van der Waals surface area (Å²) in [5.74, 6) is -6.32. The molecule has 0 radical (unpaired) electrons. The Morgan fingerprint density at radius 1 is 0.266 bits per heavy atom. The van der Waals surface area contributed by atoms with Gasteiger partial charge in [0, 0.05) is 37.2 Å². The fraction of sp³-hybridized carbons (Fsp3) is 0.923. The quantitative estimate of drug-likeness (QED) is 0.0239. The van der Waals surface area contributed by atoms with E-state index in [4.69, 9.17) is 28.4 Å². The zero-order chi connectivity index (χ0) is 70.6. The standard InChI is InChI=1S/3C26H50O5.Al/c3*1-6-8-10-12-14-16-22(3)20-30-26(5,19-24(27)18-25(28)29)31-21-23(4)17-15-13-11-9-7-2;/h3*22-23H,6-21H2,1-5H3,(H,28,29);/q;;;+3/p-3. The molecule has 552 valence electrons. The van der Waals surface area contributed by atoms with E-state index in [9.17, 15) is 44.1 Å². The molecule has 15 nitrogen and oxygen atoms in total. The van der Waals surface area contributed by atoms with Crippen LogP contribution in [0.3, 0.4) is 0 Å². The first-order chi connectivity index (χ1) is 44.2. The minimum atomic E-state index is -1.35. The summed E-state index contributed by atoms with van der Waals surface area (Å²) >= 11 is 0. The van der Waals surface area contributed by atoms with Gasteiger partial charge in [-0.3, -0.25) is 14.4 Å². The summed E-state index contributed by atoms with van der Waals surface area (Å²) in [6, 6.07) is 0. The SMILES string of the molecule is CCCCCCCC(C)COC(C)(CC(=O)CC(=O)[O-])OCC(C)CCCCCCC.CCCCCCCC(C)COC(C)(CC(=O)CC(=O)[O-])OCC(C)CCCCCCC.CCCCCCCC(C)COC(C)(CC(=O)CC(=O)[O-])OCC(C)CCCCCCC.[Al+3]. The normalized spacial score (nSPS) is 15.2. The van der Waals surface area contributed by atoms with E-state index in [2.05, 4.69) is 83.1 Å². The van der Waals surface area contributed by atoms with Crippen LogP contribution in [-0.2, 0) is 57.2 Å². The number of hydrogen-bond donors (Lipinski definition) is 0. The average Bonchev–Trinajstić information content (AvgIpc) is 3.14. The van der Waals surface area contributed by atoms with Crippen molar-refractivity contribution >= 4 is 52.6 Å². The van der Waals surface area contributed by atoms with Gasteiger partial charge in [-0.15, -0.1) is 0 Å². The van der Waals surface area contributed by atoms with Crippen molar-refractivity contribution in [3.8, 4) is 0 Å². The molecular formula is C78H147AlO15. The summed E-state index contributed by atoms with van der Waals surface area (Å²) in [7, 11) is 0. The topological polar surface area (TPSA) is 227 Å². The van der Waals surface area contributed by atoms with Crippen LogP contribution in [0.2, 0.25) is 0 Å². The Bertz CT molecular complexity index is 1520. The number of carbonyl (C=O) groups is 6. The Labute approximate surface area is 588 Å². The molecule has 0 aromatic heterocycles. The van der Waals surface area contributed by atoms with E-state index in [-0.39, 0.29) is 36.6 Å². The second-order valence-corrected chi connectivity index (χ2v) is 28.9. The molecule has 6 atom stereocenters. The van der Waals surface area contributed by atoms with Crippen LogP contribution < -0.4 is 15.3 Å². The predicted molar refractivity (Wildman–Crippen MR) is 380 cm³/mol. The van der Waals surface area contributed by atoms with Crippen molar-refractivity contribution in [2.45, 2.75) is 391 Å². The van der Waals surface area contributed by atoms with Crippen molar-refractivity contribution in [1.29, 1.82) is 0 Å². The monoisotopic (exact) mass is 1350 g/mol. The summed E-state index contributed by atoms with van der Waals surface area (Å²) in [5.41, 5.74) is 0. The Morgan fingerprint density at radius 2 is 0.404 bits per heavy atom. The molecule has 0 amide bonds. The molecule has 6 unspecified atom stereocenters. The van der Waals surface area contributed by atoms with Crippen LogP contribution in [0.5, 0.6) is 0 Å². The number of aliphatic carboxylic acids is 3. The number of rotatable bonds is 66. The van der Waals surface area contributed by atoms with Gasteiger partial charge in [0.15, 0.2) is 17.4 Å². The minimum absolute atomic E-state index is 0. The molecule has 94 heavy (non-hydrogen) atoms. The van der Waals surface area contributed by atoms with E-state index in [1.165, 1.54) is 193 Å². The van der Waals surface area contributed by atoms with Gasteiger partial charge >= 0.3 is 17.4 Å². The maximum atomic E-state index is 12.1. The zero-order valence-electron chi connectivity index (χ0n) is 63.6. The summed E-state index contributed by atoms with van der Waals surface area (Å²) in [6.07, 6.45) is 41.9. The van der Waals surface area contributed by atoms with E-state index in [1.807, 2.05) is 0 Å². The third-order valence-corrected chi connectivity index (χ3v) is 17.4. The molecule has 16 heteroatoms. The molecule has 0 N–H and O–H groups in total. The van der Waals surface area contributed by atoms with Crippen LogP contribution in [-0.4, -0.2) is 110 Å².